The van der Waals surface area contributed by atoms with E-state index in [4.69, 9.17) is 15.7 Å². The first-order valence-corrected chi connectivity index (χ1v) is 7.88. The van der Waals surface area contributed by atoms with Gasteiger partial charge in [-0.2, -0.15) is 5.26 Å². The summed E-state index contributed by atoms with van der Waals surface area (Å²) in [7, 11) is -3.63. The molecule has 1 aliphatic rings. The van der Waals surface area contributed by atoms with Crippen molar-refractivity contribution in [1.82, 2.24) is 4.72 Å². The molecule has 2 rings (SSSR count). The topological polar surface area (TPSA) is 105 Å². The summed E-state index contributed by atoms with van der Waals surface area (Å²) in [5, 5.41) is 8.74. The number of sulfonamides is 1. The molecule has 0 aliphatic carbocycles. The van der Waals surface area contributed by atoms with E-state index in [0.29, 0.717) is 24.6 Å². The fourth-order valence-electron chi connectivity index (χ4n) is 2.15. The van der Waals surface area contributed by atoms with Gasteiger partial charge in [-0.15, -0.1) is 0 Å². The fourth-order valence-corrected chi connectivity index (χ4v) is 3.31. The zero-order chi connectivity index (χ0) is 14.6. The van der Waals surface area contributed by atoms with Gasteiger partial charge in [0.2, 0.25) is 10.0 Å². The quantitative estimate of drug-likeness (QED) is 0.783. The average molecular weight is 295 g/mol. The molecule has 1 aliphatic heterocycles. The number of nitriles is 1. The molecule has 6 nitrogen and oxygen atoms in total. The van der Waals surface area contributed by atoms with Crippen LogP contribution in [0.1, 0.15) is 18.4 Å². The highest BCUT2D eigenvalue weighted by molar-refractivity contribution is 7.89. The zero-order valence-electron chi connectivity index (χ0n) is 11.0. The van der Waals surface area contributed by atoms with E-state index in [1.165, 1.54) is 18.2 Å². The monoisotopic (exact) mass is 295 g/mol. The SMILES string of the molecule is N#Cc1ccc(S(=O)(=O)NCCC2CCOC2)c(N)c1. The number of anilines is 1. The van der Waals surface area contributed by atoms with Crippen molar-refractivity contribution in [2.24, 2.45) is 5.92 Å². The number of hydrogen-bond acceptors (Lipinski definition) is 5. The standard InChI is InChI=1S/C13H17N3O3S/c14-8-11-1-2-13(12(15)7-11)20(17,18)16-5-3-10-4-6-19-9-10/h1-2,7,10,16H,3-6,9,15H2. The molecule has 1 unspecified atom stereocenters. The minimum absolute atomic E-state index is 0.0131. The van der Waals surface area contributed by atoms with Crippen molar-refractivity contribution in [3.63, 3.8) is 0 Å². The van der Waals surface area contributed by atoms with Crippen molar-refractivity contribution in [2.75, 3.05) is 25.5 Å². The molecule has 0 bridgehead atoms. The summed E-state index contributed by atoms with van der Waals surface area (Å²) in [5.41, 5.74) is 6.11. The Morgan fingerprint density at radius 3 is 2.90 bits per heavy atom. The number of nitrogens with two attached hydrogens (primary N) is 1. The van der Waals surface area contributed by atoms with E-state index in [2.05, 4.69) is 4.72 Å². The predicted octanol–water partition coefficient (Wildman–Crippen LogP) is 0.845. The van der Waals surface area contributed by atoms with Crippen LogP contribution >= 0.6 is 0 Å². The van der Waals surface area contributed by atoms with E-state index in [9.17, 15) is 8.42 Å². The Labute approximate surface area is 118 Å². The molecule has 0 radical (unpaired) electrons. The van der Waals surface area contributed by atoms with E-state index in [1.807, 2.05) is 6.07 Å². The number of nitrogens with one attached hydrogen (secondary N) is 1. The molecule has 0 aromatic heterocycles. The third-order valence-corrected chi connectivity index (χ3v) is 4.83. The highest BCUT2D eigenvalue weighted by Gasteiger charge is 2.20. The fraction of sp³-hybridized carbons (Fsp3) is 0.462. The van der Waals surface area contributed by atoms with Gasteiger partial charge in [0.25, 0.3) is 0 Å². The van der Waals surface area contributed by atoms with Crippen LogP contribution in [0.3, 0.4) is 0 Å². The normalized spacial score (nSPS) is 18.9. The van der Waals surface area contributed by atoms with Gasteiger partial charge in [0.05, 0.1) is 17.3 Å². The van der Waals surface area contributed by atoms with Crippen molar-refractivity contribution in [3.8, 4) is 6.07 Å². The highest BCUT2D eigenvalue weighted by Crippen LogP contribution is 2.20. The first-order chi connectivity index (χ1) is 9.53. The van der Waals surface area contributed by atoms with E-state index >= 15 is 0 Å². The van der Waals surface area contributed by atoms with Crippen molar-refractivity contribution in [2.45, 2.75) is 17.7 Å². The zero-order valence-corrected chi connectivity index (χ0v) is 11.8. The van der Waals surface area contributed by atoms with E-state index in [-0.39, 0.29) is 10.6 Å². The Kier molecular flexibility index (Phi) is 4.60. The Morgan fingerprint density at radius 2 is 2.30 bits per heavy atom. The van der Waals surface area contributed by atoms with Crippen LogP contribution in [0.2, 0.25) is 0 Å². The molecule has 1 atom stereocenters. The van der Waals surface area contributed by atoms with Crippen LogP contribution in [0, 0.1) is 17.2 Å². The molecule has 1 aromatic rings. The van der Waals surface area contributed by atoms with Crippen molar-refractivity contribution >= 4 is 15.7 Å². The lowest BCUT2D eigenvalue weighted by molar-refractivity contribution is 0.184. The molecule has 1 aromatic carbocycles. The van der Waals surface area contributed by atoms with Crippen LogP contribution in [-0.2, 0) is 14.8 Å². The van der Waals surface area contributed by atoms with Gasteiger partial charge >= 0.3 is 0 Å². The van der Waals surface area contributed by atoms with Crippen molar-refractivity contribution in [1.29, 1.82) is 5.26 Å². The number of nitrogens with zero attached hydrogens (tertiary/aromatic N) is 1. The van der Waals surface area contributed by atoms with Gasteiger partial charge in [-0.1, -0.05) is 0 Å². The molecule has 108 valence electrons. The minimum Gasteiger partial charge on any atom is -0.398 e. The number of nitrogen functional groups attached to an aromatic ring is 1. The molecule has 20 heavy (non-hydrogen) atoms. The lowest BCUT2D eigenvalue weighted by Crippen LogP contribution is -2.27. The maximum absolute atomic E-state index is 12.1. The Morgan fingerprint density at radius 1 is 1.50 bits per heavy atom. The van der Waals surface area contributed by atoms with Crippen LogP contribution in [-0.4, -0.2) is 28.2 Å². The van der Waals surface area contributed by atoms with Crippen LogP contribution in [0.15, 0.2) is 23.1 Å². The number of ether oxygens (including phenoxy) is 1. The van der Waals surface area contributed by atoms with Crippen LogP contribution in [0.4, 0.5) is 5.69 Å². The van der Waals surface area contributed by atoms with Gasteiger partial charge in [-0.05, 0) is 37.0 Å². The van der Waals surface area contributed by atoms with Crippen LogP contribution in [0.25, 0.3) is 0 Å². The average Bonchev–Trinajstić information content (AvgIpc) is 2.91. The first-order valence-electron chi connectivity index (χ1n) is 6.40. The predicted molar refractivity (Wildman–Crippen MR) is 74.3 cm³/mol. The molecule has 0 amide bonds. The summed E-state index contributed by atoms with van der Waals surface area (Å²) < 4.78 is 32.0. The Hall–Kier alpha value is -1.62. The van der Waals surface area contributed by atoms with Crippen molar-refractivity contribution in [3.05, 3.63) is 23.8 Å². The molecule has 3 N–H and O–H groups in total. The van der Waals surface area contributed by atoms with Gasteiger partial charge in [-0.25, -0.2) is 13.1 Å². The summed E-state index contributed by atoms with van der Waals surface area (Å²) in [4.78, 5) is 0.0131. The van der Waals surface area contributed by atoms with Crippen LogP contribution in [0.5, 0.6) is 0 Å². The van der Waals surface area contributed by atoms with Crippen molar-refractivity contribution < 1.29 is 13.2 Å². The lowest BCUT2D eigenvalue weighted by Gasteiger charge is -2.11. The largest absolute Gasteiger partial charge is 0.398 e. The maximum atomic E-state index is 12.1. The second-order valence-corrected chi connectivity index (χ2v) is 6.52. The third kappa shape index (κ3) is 3.48. The summed E-state index contributed by atoms with van der Waals surface area (Å²) in [5.74, 6) is 0.413. The number of hydrogen-bond donors (Lipinski definition) is 2. The molecule has 1 heterocycles. The number of benzene rings is 1. The Bertz CT molecular complexity index is 616. The van der Waals surface area contributed by atoms with E-state index in [0.717, 1.165) is 19.4 Å². The molecule has 1 fully saturated rings. The maximum Gasteiger partial charge on any atom is 0.242 e. The molecule has 0 spiro atoms. The van der Waals surface area contributed by atoms with E-state index in [1.54, 1.807) is 0 Å². The Balaban J connectivity index is 2.00. The molecule has 7 heteroatoms. The smallest absolute Gasteiger partial charge is 0.242 e. The second kappa shape index (κ2) is 6.22. The summed E-state index contributed by atoms with van der Waals surface area (Å²) in [6.07, 6.45) is 1.72. The molecular weight excluding hydrogens is 278 g/mol. The van der Waals surface area contributed by atoms with Gasteiger partial charge in [0.15, 0.2) is 0 Å². The molecule has 1 saturated heterocycles. The molecule has 0 saturated carbocycles. The summed E-state index contributed by atoms with van der Waals surface area (Å²) in [6, 6.07) is 6.07. The second-order valence-electron chi connectivity index (χ2n) is 4.78. The lowest BCUT2D eigenvalue weighted by atomic mass is 10.1. The number of rotatable bonds is 5. The highest BCUT2D eigenvalue weighted by atomic mass is 32.2. The molecular formula is C13H17N3O3S. The van der Waals surface area contributed by atoms with Gasteiger partial charge in [0.1, 0.15) is 4.90 Å². The summed E-state index contributed by atoms with van der Waals surface area (Å²) >= 11 is 0. The van der Waals surface area contributed by atoms with Gasteiger partial charge < -0.3 is 10.5 Å². The van der Waals surface area contributed by atoms with Gasteiger partial charge in [-0.3, -0.25) is 0 Å². The summed E-state index contributed by atoms with van der Waals surface area (Å²) in [6.45, 7) is 1.80. The van der Waals surface area contributed by atoms with Crippen LogP contribution < -0.4 is 10.5 Å². The third-order valence-electron chi connectivity index (χ3n) is 3.30. The van der Waals surface area contributed by atoms with Gasteiger partial charge in [0, 0.05) is 19.8 Å². The first kappa shape index (κ1) is 14.8. The van der Waals surface area contributed by atoms with E-state index < -0.39 is 10.0 Å². The minimum atomic E-state index is -3.63.